The van der Waals surface area contributed by atoms with E-state index in [4.69, 9.17) is 4.74 Å². The number of methoxy groups -OCH3 is 1. The van der Waals surface area contributed by atoms with E-state index >= 15 is 0 Å². The number of rotatable bonds is 4. The van der Waals surface area contributed by atoms with Crippen LogP contribution < -0.4 is 5.32 Å². The first-order valence-corrected chi connectivity index (χ1v) is 7.37. The minimum absolute atomic E-state index is 0.0917. The molecule has 1 aliphatic carbocycles. The molecular weight excluding hydrogens is 242 g/mol. The van der Waals surface area contributed by atoms with E-state index in [0.29, 0.717) is 6.04 Å². The number of likely N-dealkylation sites (N-methyl/N-ethyl adjacent to an activating group) is 2. The average Bonchev–Trinajstić information content (AvgIpc) is 2.84. The third kappa shape index (κ3) is 3.09. The maximum atomic E-state index is 12.1. The summed E-state index contributed by atoms with van der Waals surface area (Å²) in [5, 5.41) is 3.37. The molecule has 2 fully saturated rings. The summed E-state index contributed by atoms with van der Waals surface area (Å²) in [6, 6.07) is 0.520. The molecule has 1 heterocycles. The van der Waals surface area contributed by atoms with Crippen LogP contribution in [0.3, 0.4) is 0 Å². The van der Waals surface area contributed by atoms with Gasteiger partial charge in [-0.05, 0) is 32.9 Å². The molecule has 1 N–H and O–H groups in total. The largest absolute Gasteiger partial charge is 0.468 e. The second kappa shape index (κ2) is 6.20. The number of hydrogen-bond acceptors (Lipinski definition) is 5. The topological polar surface area (TPSA) is 44.8 Å². The summed E-state index contributed by atoms with van der Waals surface area (Å²) in [5.41, 5.74) is -0.447. The van der Waals surface area contributed by atoms with Crippen LogP contribution in [0.25, 0.3) is 0 Å². The van der Waals surface area contributed by atoms with Crippen LogP contribution in [0.4, 0.5) is 0 Å². The maximum absolute atomic E-state index is 12.1. The van der Waals surface area contributed by atoms with Gasteiger partial charge < -0.3 is 15.0 Å². The first-order valence-electron chi connectivity index (χ1n) is 7.37. The molecule has 0 amide bonds. The molecule has 2 aliphatic rings. The molecule has 2 rings (SSSR count). The molecule has 2 unspecified atom stereocenters. The summed E-state index contributed by atoms with van der Waals surface area (Å²) in [4.78, 5) is 17.0. The summed E-state index contributed by atoms with van der Waals surface area (Å²) in [7, 11) is 3.66. The lowest BCUT2D eigenvalue weighted by Crippen LogP contribution is -2.53. The van der Waals surface area contributed by atoms with Crippen LogP contribution in [-0.2, 0) is 9.53 Å². The van der Waals surface area contributed by atoms with Gasteiger partial charge in [0.15, 0.2) is 0 Å². The van der Waals surface area contributed by atoms with E-state index in [1.807, 2.05) is 6.92 Å². The molecule has 1 saturated carbocycles. The Morgan fingerprint density at radius 2 is 2.05 bits per heavy atom. The van der Waals surface area contributed by atoms with Crippen molar-refractivity contribution in [2.75, 3.05) is 46.9 Å². The van der Waals surface area contributed by atoms with Crippen molar-refractivity contribution in [3.05, 3.63) is 0 Å². The van der Waals surface area contributed by atoms with Gasteiger partial charge in [-0.1, -0.05) is 6.92 Å². The first-order chi connectivity index (χ1) is 9.11. The highest BCUT2D eigenvalue weighted by atomic mass is 16.5. The van der Waals surface area contributed by atoms with Crippen LogP contribution in [-0.4, -0.2) is 74.2 Å². The fraction of sp³-hybridized carbons (Fsp3) is 0.929. The van der Waals surface area contributed by atoms with Crippen molar-refractivity contribution in [2.24, 2.45) is 0 Å². The molecule has 1 aliphatic heterocycles. The van der Waals surface area contributed by atoms with Gasteiger partial charge in [0.25, 0.3) is 0 Å². The number of piperazine rings is 1. The Labute approximate surface area is 116 Å². The van der Waals surface area contributed by atoms with Crippen LogP contribution >= 0.6 is 0 Å². The van der Waals surface area contributed by atoms with Crippen LogP contribution in [0.2, 0.25) is 0 Å². The zero-order valence-corrected chi connectivity index (χ0v) is 12.4. The standard InChI is InChI=1S/C14H27N3O2/c1-4-15-14(13(18)19-3)6-5-12(11-14)17-9-7-16(2)8-10-17/h12,15H,4-11H2,1-3H3. The van der Waals surface area contributed by atoms with Crippen molar-refractivity contribution in [1.82, 2.24) is 15.1 Å². The van der Waals surface area contributed by atoms with E-state index in [1.54, 1.807) is 0 Å². The zero-order valence-electron chi connectivity index (χ0n) is 12.4. The lowest BCUT2D eigenvalue weighted by Gasteiger charge is -2.37. The third-order valence-electron chi connectivity index (χ3n) is 4.63. The molecule has 0 bridgehead atoms. The van der Waals surface area contributed by atoms with Crippen LogP contribution in [0, 0.1) is 0 Å². The first kappa shape index (κ1) is 14.8. The van der Waals surface area contributed by atoms with Crippen LogP contribution in [0.1, 0.15) is 26.2 Å². The molecule has 5 nitrogen and oxygen atoms in total. The summed E-state index contributed by atoms with van der Waals surface area (Å²) < 4.78 is 5.01. The van der Waals surface area contributed by atoms with Gasteiger partial charge in [-0.15, -0.1) is 0 Å². The second-order valence-electron chi connectivity index (χ2n) is 5.84. The molecule has 1 saturated heterocycles. The Morgan fingerprint density at radius 1 is 1.37 bits per heavy atom. The fourth-order valence-electron chi connectivity index (χ4n) is 3.47. The fourth-order valence-corrected chi connectivity index (χ4v) is 3.47. The smallest absolute Gasteiger partial charge is 0.326 e. The van der Waals surface area contributed by atoms with Crippen molar-refractivity contribution < 1.29 is 9.53 Å². The minimum Gasteiger partial charge on any atom is -0.468 e. The highest BCUT2D eigenvalue weighted by molar-refractivity contribution is 5.81. The molecule has 110 valence electrons. The summed E-state index contributed by atoms with van der Waals surface area (Å²) in [6.07, 6.45) is 2.87. The number of nitrogens with one attached hydrogen (secondary N) is 1. The molecule has 0 aromatic carbocycles. The quantitative estimate of drug-likeness (QED) is 0.744. The Balaban J connectivity index is 1.98. The number of carbonyl (C=O) groups excluding carboxylic acids is 1. The molecule has 5 heteroatoms. The van der Waals surface area contributed by atoms with Gasteiger partial charge >= 0.3 is 5.97 Å². The Bertz CT molecular complexity index is 316. The van der Waals surface area contributed by atoms with Crippen molar-refractivity contribution in [3.63, 3.8) is 0 Å². The highest BCUT2D eigenvalue weighted by Gasteiger charge is 2.47. The number of hydrogen-bond donors (Lipinski definition) is 1. The lowest BCUT2D eigenvalue weighted by atomic mass is 9.97. The SMILES string of the molecule is CCNC1(C(=O)OC)CCC(N2CCN(C)CC2)C1. The van der Waals surface area contributed by atoms with E-state index in [0.717, 1.165) is 52.0 Å². The number of esters is 1. The molecule has 0 aromatic rings. The molecule has 0 aromatic heterocycles. The average molecular weight is 269 g/mol. The minimum atomic E-state index is -0.447. The molecule has 19 heavy (non-hydrogen) atoms. The van der Waals surface area contributed by atoms with E-state index in [-0.39, 0.29) is 5.97 Å². The molecule has 0 radical (unpaired) electrons. The van der Waals surface area contributed by atoms with Crippen molar-refractivity contribution in [2.45, 2.75) is 37.8 Å². The van der Waals surface area contributed by atoms with Crippen LogP contribution in [0.5, 0.6) is 0 Å². The van der Waals surface area contributed by atoms with Gasteiger partial charge in [0, 0.05) is 32.2 Å². The van der Waals surface area contributed by atoms with Gasteiger partial charge in [0.05, 0.1) is 7.11 Å². The molecular formula is C14H27N3O2. The third-order valence-corrected chi connectivity index (χ3v) is 4.63. The monoisotopic (exact) mass is 269 g/mol. The normalized spacial score (nSPS) is 33.5. The van der Waals surface area contributed by atoms with E-state index < -0.39 is 5.54 Å². The van der Waals surface area contributed by atoms with Crippen LogP contribution in [0.15, 0.2) is 0 Å². The van der Waals surface area contributed by atoms with Crippen molar-refractivity contribution >= 4 is 5.97 Å². The van der Waals surface area contributed by atoms with Gasteiger partial charge in [-0.25, -0.2) is 0 Å². The van der Waals surface area contributed by atoms with E-state index in [1.165, 1.54) is 7.11 Å². The Kier molecular flexibility index (Phi) is 4.81. The van der Waals surface area contributed by atoms with E-state index in [9.17, 15) is 4.79 Å². The predicted molar refractivity (Wildman–Crippen MR) is 75.1 cm³/mol. The second-order valence-corrected chi connectivity index (χ2v) is 5.84. The summed E-state index contributed by atoms with van der Waals surface area (Å²) in [5.74, 6) is -0.0917. The Morgan fingerprint density at radius 3 is 2.63 bits per heavy atom. The number of carbonyl (C=O) groups is 1. The molecule has 0 spiro atoms. The number of ether oxygens (including phenoxy) is 1. The van der Waals surface area contributed by atoms with E-state index in [2.05, 4.69) is 22.2 Å². The maximum Gasteiger partial charge on any atom is 0.326 e. The summed E-state index contributed by atoms with van der Waals surface area (Å²) in [6.45, 7) is 7.35. The Hall–Kier alpha value is -0.650. The highest BCUT2D eigenvalue weighted by Crippen LogP contribution is 2.34. The number of nitrogens with zero attached hydrogens (tertiary/aromatic N) is 2. The van der Waals surface area contributed by atoms with Gasteiger partial charge in [-0.2, -0.15) is 0 Å². The van der Waals surface area contributed by atoms with Crippen molar-refractivity contribution in [3.8, 4) is 0 Å². The summed E-state index contributed by atoms with van der Waals surface area (Å²) >= 11 is 0. The zero-order chi connectivity index (χ0) is 13.9. The predicted octanol–water partition coefficient (Wildman–Crippen LogP) is 0.308. The molecule has 2 atom stereocenters. The lowest BCUT2D eigenvalue weighted by molar-refractivity contribution is -0.148. The van der Waals surface area contributed by atoms with Gasteiger partial charge in [-0.3, -0.25) is 9.69 Å². The van der Waals surface area contributed by atoms with Gasteiger partial charge in [0.1, 0.15) is 5.54 Å². The van der Waals surface area contributed by atoms with Crippen molar-refractivity contribution in [1.29, 1.82) is 0 Å². The van der Waals surface area contributed by atoms with Gasteiger partial charge in [0.2, 0.25) is 0 Å².